The number of nitriles is 1. The van der Waals surface area contributed by atoms with Gasteiger partial charge in [0.15, 0.2) is 5.11 Å². The lowest BCUT2D eigenvalue weighted by Gasteiger charge is -2.27. The number of imidazole rings is 1. The van der Waals surface area contributed by atoms with Gasteiger partial charge in [-0.1, -0.05) is 65.1 Å². The van der Waals surface area contributed by atoms with E-state index in [4.69, 9.17) is 52.3 Å². The molecule has 4 aromatic rings. The molecule has 5 nitrogen and oxygen atoms in total. The molecular weight excluding hydrogens is 545 g/mol. The summed E-state index contributed by atoms with van der Waals surface area (Å²) in [6, 6.07) is 22.8. The molecule has 0 aliphatic heterocycles. The molecule has 0 saturated carbocycles. The highest BCUT2D eigenvalue weighted by atomic mass is 35.5. The molecule has 0 atom stereocenters. The molecule has 9 heteroatoms. The summed E-state index contributed by atoms with van der Waals surface area (Å²) in [6.45, 7) is 1.89. The fourth-order valence-electron chi connectivity index (χ4n) is 3.93. The third kappa shape index (κ3) is 7.47. The van der Waals surface area contributed by atoms with Crippen LogP contribution in [0.25, 0.3) is 0 Å². The van der Waals surface area contributed by atoms with Crippen molar-refractivity contribution in [2.75, 3.05) is 11.9 Å². The summed E-state index contributed by atoms with van der Waals surface area (Å²) in [5.74, 6) is 0. The Balaban J connectivity index is 1.44. The molecule has 37 heavy (non-hydrogen) atoms. The molecule has 0 bridgehead atoms. The Hall–Kier alpha value is -3.08. The average Bonchev–Trinajstić information content (AvgIpc) is 3.33. The van der Waals surface area contributed by atoms with Crippen LogP contribution in [0, 0.1) is 11.3 Å². The van der Waals surface area contributed by atoms with Gasteiger partial charge in [-0.05, 0) is 72.6 Å². The summed E-state index contributed by atoms with van der Waals surface area (Å²) in [6.07, 6.45) is 5.39. The molecule has 0 spiro atoms. The first kappa shape index (κ1) is 27.0. The van der Waals surface area contributed by atoms with Crippen LogP contribution >= 0.6 is 47.0 Å². The molecule has 4 rings (SSSR count). The van der Waals surface area contributed by atoms with Gasteiger partial charge in [0.2, 0.25) is 0 Å². The Labute approximate surface area is 237 Å². The average molecular weight is 569 g/mol. The molecule has 0 saturated heterocycles. The molecule has 1 N–H and O–H groups in total. The lowest BCUT2D eigenvalue weighted by Crippen LogP contribution is -2.35. The molecule has 188 valence electrons. The van der Waals surface area contributed by atoms with Crippen molar-refractivity contribution in [3.8, 4) is 6.07 Å². The van der Waals surface area contributed by atoms with Crippen molar-refractivity contribution in [2.24, 2.45) is 0 Å². The standard InChI is InChI=1S/C28H24Cl3N5S/c29-23-5-2-6-24(14-23)34-28(37)35(18-22-4-1-8-26(30)27(22)31)13-3-7-25-16-33-19-36(25)17-21-11-9-20(15-32)10-12-21/h1-2,4-6,8-12,14,16,19H,3,7,13,17-18H2,(H,34,37). The predicted molar refractivity (Wildman–Crippen MR) is 155 cm³/mol. The summed E-state index contributed by atoms with van der Waals surface area (Å²) in [5.41, 5.74) is 4.61. The maximum Gasteiger partial charge on any atom is 0.173 e. The van der Waals surface area contributed by atoms with E-state index in [-0.39, 0.29) is 0 Å². The second kappa shape index (κ2) is 12.9. The van der Waals surface area contributed by atoms with Crippen molar-refractivity contribution in [3.63, 3.8) is 0 Å². The summed E-state index contributed by atoms with van der Waals surface area (Å²) < 4.78 is 2.13. The zero-order valence-corrected chi connectivity index (χ0v) is 23.0. The zero-order valence-electron chi connectivity index (χ0n) is 19.9. The number of benzene rings is 3. The van der Waals surface area contributed by atoms with Crippen molar-refractivity contribution < 1.29 is 0 Å². The van der Waals surface area contributed by atoms with Gasteiger partial charge < -0.3 is 14.8 Å². The Kier molecular flexibility index (Phi) is 9.43. The molecule has 0 fully saturated rings. The van der Waals surface area contributed by atoms with Gasteiger partial charge in [0.1, 0.15) is 0 Å². The molecule has 0 unspecified atom stereocenters. The maximum atomic E-state index is 9.02. The molecule has 1 aromatic heterocycles. The van der Waals surface area contributed by atoms with E-state index in [0.29, 0.717) is 45.4 Å². The highest BCUT2D eigenvalue weighted by molar-refractivity contribution is 7.80. The second-order valence-corrected chi connectivity index (χ2v) is 10.1. The number of thiocarbonyl (C=S) groups is 1. The molecule has 3 aromatic carbocycles. The fraction of sp³-hybridized carbons (Fsp3) is 0.179. The lowest BCUT2D eigenvalue weighted by atomic mass is 10.1. The van der Waals surface area contributed by atoms with Crippen LogP contribution < -0.4 is 5.32 Å². The smallest absolute Gasteiger partial charge is 0.173 e. The highest BCUT2D eigenvalue weighted by Gasteiger charge is 2.15. The minimum Gasteiger partial charge on any atom is -0.345 e. The lowest BCUT2D eigenvalue weighted by molar-refractivity contribution is 0.408. The number of hydrogen-bond donors (Lipinski definition) is 1. The summed E-state index contributed by atoms with van der Waals surface area (Å²) in [5, 5.41) is 14.6. The van der Waals surface area contributed by atoms with Gasteiger partial charge in [-0.2, -0.15) is 5.26 Å². The Morgan fingerprint density at radius 2 is 1.84 bits per heavy atom. The Bertz CT molecular complexity index is 1410. The third-order valence-electron chi connectivity index (χ3n) is 5.85. The maximum absolute atomic E-state index is 9.02. The van der Waals surface area contributed by atoms with E-state index in [1.54, 1.807) is 6.07 Å². The van der Waals surface area contributed by atoms with Crippen molar-refractivity contribution in [2.45, 2.75) is 25.9 Å². The van der Waals surface area contributed by atoms with Gasteiger partial charge in [-0.25, -0.2) is 4.98 Å². The van der Waals surface area contributed by atoms with E-state index in [2.05, 4.69) is 25.8 Å². The van der Waals surface area contributed by atoms with Crippen LogP contribution in [-0.4, -0.2) is 26.1 Å². The van der Waals surface area contributed by atoms with Gasteiger partial charge in [0.25, 0.3) is 0 Å². The van der Waals surface area contributed by atoms with Crippen molar-refractivity contribution in [1.29, 1.82) is 5.26 Å². The molecule has 0 radical (unpaired) electrons. The first-order valence-electron chi connectivity index (χ1n) is 11.7. The Morgan fingerprint density at radius 3 is 2.59 bits per heavy atom. The van der Waals surface area contributed by atoms with Crippen LogP contribution in [0.1, 0.15) is 28.8 Å². The van der Waals surface area contributed by atoms with Gasteiger partial charge in [0, 0.05) is 42.2 Å². The normalized spacial score (nSPS) is 10.6. The van der Waals surface area contributed by atoms with E-state index in [1.165, 1.54) is 0 Å². The Morgan fingerprint density at radius 1 is 1.05 bits per heavy atom. The molecule has 0 aliphatic rings. The SMILES string of the molecule is N#Cc1ccc(Cn2cncc2CCCN(Cc2cccc(Cl)c2Cl)C(=S)Nc2cccc(Cl)c2)cc1. The molecule has 0 amide bonds. The minimum atomic E-state index is 0.510. The van der Waals surface area contributed by atoms with Gasteiger partial charge in [-0.3, -0.25) is 0 Å². The third-order valence-corrected chi connectivity index (χ3v) is 7.30. The van der Waals surface area contributed by atoms with Crippen LogP contribution in [0.3, 0.4) is 0 Å². The van der Waals surface area contributed by atoms with Gasteiger partial charge >= 0.3 is 0 Å². The van der Waals surface area contributed by atoms with E-state index < -0.39 is 0 Å². The number of hydrogen-bond acceptors (Lipinski definition) is 3. The largest absolute Gasteiger partial charge is 0.345 e. The number of nitrogens with zero attached hydrogens (tertiary/aromatic N) is 4. The fourth-order valence-corrected chi connectivity index (χ4v) is 4.77. The first-order valence-corrected chi connectivity index (χ1v) is 13.2. The summed E-state index contributed by atoms with van der Waals surface area (Å²) in [7, 11) is 0. The number of anilines is 1. The number of halogens is 3. The zero-order chi connectivity index (χ0) is 26.2. The van der Waals surface area contributed by atoms with E-state index in [0.717, 1.165) is 35.3 Å². The van der Waals surface area contributed by atoms with E-state index in [9.17, 15) is 0 Å². The quantitative estimate of drug-likeness (QED) is 0.211. The topological polar surface area (TPSA) is 56.9 Å². The van der Waals surface area contributed by atoms with E-state index in [1.807, 2.05) is 73.2 Å². The first-order chi connectivity index (χ1) is 17.9. The van der Waals surface area contributed by atoms with Crippen LogP contribution in [0.2, 0.25) is 15.1 Å². The van der Waals surface area contributed by atoms with Crippen molar-refractivity contribution in [3.05, 3.63) is 117 Å². The predicted octanol–water partition coefficient (Wildman–Crippen LogP) is 7.60. The minimum absolute atomic E-state index is 0.510. The summed E-state index contributed by atoms with van der Waals surface area (Å²) in [4.78, 5) is 6.43. The van der Waals surface area contributed by atoms with Crippen LogP contribution in [0.4, 0.5) is 5.69 Å². The number of nitrogens with one attached hydrogen (secondary N) is 1. The number of rotatable bonds is 9. The van der Waals surface area contributed by atoms with Crippen LogP contribution in [-0.2, 0) is 19.5 Å². The van der Waals surface area contributed by atoms with Crippen LogP contribution in [0.15, 0.2) is 79.3 Å². The molecule has 1 heterocycles. The highest BCUT2D eigenvalue weighted by Crippen LogP contribution is 2.27. The van der Waals surface area contributed by atoms with Gasteiger partial charge in [0.05, 0.1) is 28.0 Å². The molecule has 0 aliphatic carbocycles. The van der Waals surface area contributed by atoms with Crippen molar-refractivity contribution >= 4 is 57.8 Å². The van der Waals surface area contributed by atoms with Crippen LogP contribution in [0.5, 0.6) is 0 Å². The molecular formula is C28H24Cl3N5S. The van der Waals surface area contributed by atoms with Gasteiger partial charge in [-0.15, -0.1) is 0 Å². The summed E-state index contributed by atoms with van der Waals surface area (Å²) >= 11 is 24.7. The number of aryl methyl sites for hydroxylation is 1. The monoisotopic (exact) mass is 567 g/mol. The second-order valence-electron chi connectivity index (χ2n) is 8.50. The van der Waals surface area contributed by atoms with Crippen molar-refractivity contribution in [1.82, 2.24) is 14.5 Å². The van der Waals surface area contributed by atoms with E-state index >= 15 is 0 Å². The number of aromatic nitrogens is 2.